The second kappa shape index (κ2) is 6.50. The van der Waals surface area contributed by atoms with Gasteiger partial charge in [-0.1, -0.05) is 0 Å². The molecule has 0 spiro atoms. The highest BCUT2D eigenvalue weighted by atomic mass is 16.5. The van der Waals surface area contributed by atoms with Gasteiger partial charge < -0.3 is 15.0 Å². The van der Waals surface area contributed by atoms with E-state index in [4.69, 9.17) is 4.74 Å². The van der Waals surface area contributed by atoms with Crippen molar-refractivity contribution in [3.8, 4) is 0 Å². The van der Waals surface area contributed by atoms with Crippen LogP contribution in [0.4, 0.5) is 0 Å². The van der Waals surface area contributed by atoms with Gasteiger partial charge in [-0.25, -0.2) is 0 Å². The van der Waals surface area contributed by atoms with Crippen LogP contribution in [-0.4, -0.2) is 74.2 Å². The number of hydrogen-bond donors (Lipinski definition) is 1. The third-order valence-electron chi connectivity index (χ3n) is 3.91. The molecule has 2 fully saturated rings. The van der Waals surface area contributed by atoms with Crippen molar-refractivity contribution in [1.82, 2.24) is 15.1 Å². The number of amides is 1. The van der Waals surface area contributed by atoms with Crippen molar-refractivity contribution in [3.63, 3.8) is 0 Å². The first-order valence-corrected chi connectivity index (χ1v) is 6.97. The van der Waals surface area contributed by atoms with E-state index < -0.39 is 0 Å². The predicted molar refractivity (Wildman–Crippen MR) is 70.5 cm³/mol. The van der Waals surface area contributed by atoms with Crippen LogP contribution in [0.15, 0.2) is 0 Å². The highest BCUT2D eigenvalue weighted by Crippen LogP contribution is 2.11. The molecule has 18 heavy (non-hydrogen) atoms. The minimum absolute atomic E-state index is 0.173. The first kappa shape index (κ1) is 13.8. The largest absolute Gasteiger partial charge is 0.375 e. The Balaban J connectivity index is 1.78. The maximum absolute atomic E-state index is 12.2. The van der Waals surface area contributed by atoms with Crippen molar-refractivity contribution in [2.24, 2.45) is 0 Å². The van der Waals surface area contributed by atoms with Crippen molar-refractivity contribution < 1.29 is 9.53 Å². The van der Waals surface area contributed by atoms with Crippen LogP contribution in [0, 0.1) is 0 Å². The molecule has 0 aromatic rings. The molecule has 2 rings (SSSR count). The second-order valence-corrected chi connectivity index (χ2v) is 5.42. The van der Waals surface area contributed by atoms with Crippen LogP contribution in [0.5, 0.6) is 0 Å². The van der Waals surface area contributed by atoms with Gasteiger partial charge in [0.15, 0.2) is 0 Å². The van der Waals surface area contributed by atoms with Crippen LogP contribution >= 0.6 is 0 Å². The lowest BCUT2D eigenvalue weighted by Gasteiger charge is -2.35. The molecule has 5 nitrogen and oxygen atoms in total. The summed E-state index contributed by atoms with van der Waals surface area (Å²) < 4.78 is 5.46. The van der Waals surface area contributed by atoms with Gasteiger partial charge in [-0.3, -0.25) is 9.69 Å². The molecule has 1 amide bonds. The minimum atomic E-state index is 0.173. The lowest BCUT2D eigenvalue weighted by atomic mass is 10.1. The molecule has 5 heteroatoms. The fourth-order valence-electron chi connectivity index (χ4n) is 2.73. The molecule has 1 atom stereocenters. The summed E-state index contributed by atoms with van der Waals surface area (Å²) in [6.45, 7) is 6.84. The van der Waals surface area contributed by atoms with Crippen molar-refractivity contribution in [2.75, 3.05) is 46.4 Å². The topological polar surface area (TPSA) is 44.8 Å². The van der Waals surface area contributed by atoms with Gasteiger partial charge in [0.2, 0.25) is 5.91 Å². The number of rotatable bonds is 3. The molecular weight excluding hydrogens is 230 g/mol. The number of likely N-dealkylation sites (N-methyl/N-ethyl adjacent to an activating group) is 1. The fraction of sp³-hybridized carbons (Fsp3) is 0.923. The van der Waals surface area contributed by atoms with Gasteiger partial charge >= 0.3 is 0 Å². The second-order valence-electron chi connectivity index (χ2n) is 5.42. The Morgan fingerprint density at radius 1 is 1.44 bits per heavy atom. The molecule has 0 aliphatic carbocycles. The highest BCUT2D eigenvalue weighted by molar-refractivity contribution is 5.78. The van der Waals surface area contributed by atoms with E-state index in [1.54, 1.807) is 0 Å². The monoisotopic (exact) mass is 255 g/mol. The summed E-state index contributed by atoms with van der Waals surface area (Å²) in [5.41, 5.74) is 0. The van der Waals surface area contributed by atoms with Crippen molar-refractivity contribution in [1.29, 1.82) is 0 Å². The molecule has 2 aliphatic rings. The summed E-state index contributed by atoms with van der Waals surface area (Å²) in [5, 5.41) is 3.35. The van der Waals surface area contributed by atoms with Crippen LogP contribution in [0.25, 0.3) is 0 Å². The van der Waals surface area contributed by atoms with Gasteiger partial charge in [0, 0.05) is 19.1 Å². The Labute approximate surface area is 109 Å². The standard InChI is InChI=1S/C13H25N3O2/c1-11-9-16(7-8-18-11)13(17)10-15(2)12-3-5-14-6-4-12/h11-12,14H,3-10H2,1-2H3. The number of ether oxygens (including phenoxy) is 1. The maximum atomic E-state index is 12.2. The van der Waals surface area contributed by atoms with Crippen LogP contribution in [0.1, 0.15) is 19.8 Å². The Morgan fingerprint density at radius 2 is 2.17 bits per heavy atom. The smallest absolute Gasteiger partial charge is 0.236 e. The van der Waals surface area contributed by atoms with Gasteiger partial charge in [0.05, 0.1) is 19.3 Å². The number of nitrogens with zero attached hydrogens (tertiary/aromatic N) is 2. The SMILES string of the molecule is CC1CN(C(=O)CN(C)C2CCNCC2)CCO1. The van der Waals surface area contributed by atoms with E-state index in [1.807, 2.05) is 11.8 Å². The Morgan fingerprint density at radius 3 is 2.83 bits per heavy atom. The third kappa shape index (κ3) is 3.67. The molecule has 104 valence electrons. The zero-order valence-corrected chi connectivity index (χ0v) is 11.5. The lowest BCUT2D eigenvalue weighted by Crippen LogP contribution is -2.50. The number of nitrogens with one attached hydrogen (secondary N) is 1. The summed E-state index contributed by atoms with van der Waals surface area (Å²) in [4.78, 5) is 16.4. The van der Waals surface area contributed by atoms with Crippen molar-refractivity contribution in [2.45, 2.75) is 31.9 Å². The number of carbonyl (C=O) groups excluding carboxylic acids is 1. The molecule has 2 heterocycles. The molecule has 0 radical (unpaired) electrons. The Hall–Kier alpha value is -0.650. The molecule has 0 aromatic carbocycles. The molecule has 2 saturated heterocycles. The van der Waals surface area contributed by atoms with Crippen LogP contribution in [0.2, 0.25) is 0 Å². The van der Waals surface area contributed by atoms with Gasteiger partial charge in [-0.05, 0) is 39.9 Å². The number of morpholine rings is 1. The third-order valence-corrected chi connectivity index (χ3v) is 3.91. The number of hydrogen-bond acceptors (Lipinski definition) is 4. The molecule has 0 bridgehead atoms. The van der Waals surface area contributed by atoms with E-state index >= 15 is 0 Å². The van der Waals surface area contributed by atoms with E-state index in [9.17, 15) is 4.79 Å². The van der Waals surface area contributed by atoms with Crippen LogP contribution < -0.4 is 5.32 Å². The normalized spacial score (nSPS) is 26.6. The van der Waals surface area contributed by atoms with Gasteiger partial charge in [0.1, 0.15) is 0 Å². The van der Waals surface area contributed by atoms with Gasteiger partial charge in [-0.15, -0.1) is 0 Å². The van der Waals surface area contributed by atoms with Gasteiger partial charge in [-0.2, -0.15) is 0 Å². The minimum Gasteiger partial charge on any atom is -0.375 e. The molecule has 1 unspecified atom stereocenters. The lowest BCUT2D eigenvalue weighted by molar-refractivity contribution is -0.139. The maximum Gasteiger partial charge on any atom is 0.236 e. The van der Waals surface area contributed by atoms with E-state index in [-0.39, 0.29) is 12.0 Å². The van der Waals surface area contributed by atoms with E-state index in [0.29, 0.717) is 19.2 Å². The van der Waals surface area contributed by atoms with Crippen molar-refractivity contribution in [3.05, 3.63) is 0 Å². The van der Waals surface area contributed by atoms with Crippen LogP contribution in [0.3, 0.4) is 0 Å². The van der Waals surface area contributed by atoms with E-state index in [2.05, 4.69) is 17.3 Å². The molecule has 0 aromatic heterocycles. The molecule has 1 N–H and O–H groups in total. The van der Waals surface area contributed by atoms with Crippen LogP contribution in [-0.2, 0) is 9.53 Å². The zero-order chi connectivity index (χ0) is 13.0. The first-order valence-electron chi connectivity index (χ1n) is 6.97. The predicted octanol–water partition coefficient (Wildman–Crippen LogP) is -0.0825. The Bertz CT molecular complexity index is 279. The molecule has 0 saturated carbocycles. The first-order chi connectivity index (χ1) is 8.66. The fourth-order valence-corrected chi connectivity index (χ4v) is 2.73. The Kier molecular flexibility index (Phi) is 4.97. The quantitative estimate of drug-likeness (QED) is 0.766. The average Bonchev–Trinajstić information content (AvgIpc) is 2.39. The van der Waals surface area contributed by atoms with Crippen molar-refractivity contribution >= 4 is 5.91 Å². The summed E-state index contributed by atoms with van der Waals surface area (Å²) in [6, 6.07) is 0.550. The highest BCUT2D eigenvalue weighted by Gasteiger charge is 2.25. The van der Waals surface area contributed by atoms with E-state index in [1.165, 1.54) is 0 Å². The molecule has 2 aliphatic heterocycles. The summed E-state index contributed by atoms with van der Waals surface area (Å²) in [7, 11) is 2.07. The van der Waals surface area contributed by atoms with Gasteiger partial charge in [0.25, 0.3) is 0 Å². The number of piperidine rings is 1. The zero-order valence-electron chi connectivity index (χ0n) is 11.5. The number of carbonyl (C=O) groups is 1. The molecular formula is C13H25N3O2. The van der Waals surface area contributed by atoms with E-state index in [0.717, 1.165) is 39.0 Å². The summed E-state index contributed by atoms with van der Waals surface area (Å²) >= 11 is 0. The summed E-state index contributed by atoms with van der Waals surface area (Å²) in [5.74, 6) is 0.242. The average molecular weight is 255 g/mol. The summed E-state index contributed by atoms with van der Waals surface area (Å²) in [6.07, 6.45) is 2.46.